The van der Waals surface area contributed by atoms with Gasteiger partial charge in [0, 0.05) is 13.8 Å². The van der Waals surface area contributed by atoms with Crippen molar-refractivity contribution in [3.63, 3.8) is 0 Å². The van der Waals surface area contributed by atoms with E-state index in [9.17, 15) is 102 Å². The molecule has 0 aromatic rings. The highest BCUT2D eigenvalue weighted by molar-refractivity contribution is 5.73. The second kappa shape index (κ2) is 26.0. The molecule has 30 atom stereocenters. The summed E-state index contributed by atoms with van der Waals surface area (Å²) in [5, 5.41) is 196. The molecule has 6 rings (SSSR count). The van der Waals surface area contributed by atoms with E-state index in [-0.39, 0.29) is 0 Å². The Labute approximate surface area is 413 Å². The van der Waals surface area contributed by atoms with E-state index in [1.165, 1.54) is 0 Å². The lowest BCUT2D eigenvalue weighted by Crippen LogP contribution is -2.70. The Morgan fingerprint density at radius 3 is 1.15 bits per heavy atom. The first-order valence-corrected chi connectivity index (χ1v) is 23.1. The first kappa shape index (κ1) is 60.0. The minimum atomic E-state index is -2.25. The van der Waals surface area contributed by atoms with Crippen LogP contribution >= 0.6 is 0 Å². The van der Waals surface area contributed by atoms with Gasteiger partial charge < -0.3 is 155 Å². The fraction of sp³-hybridized carbons (Fsp3) is 0.950. The molecule has 0 aliphatic carbocycles. The number of carbonyl (C=O) groups excluding carboxylic acids is 2. The van der Waals surface area contributed by atoms with Crippen LogP contribution in [0.5, 0.6) is 0 Å². The second-order valence-electron chi connectivity index (χ2n) is 18.3. The summed E-state index contributed by atoms with van der Waals surface area (Å²) in [6.45, 7) is -3.61. The standard InChI is InChI=1S/C40H68N2O31/c1-9(48)41-17-22(53)31(70-38-28(59)24(55)19(50)11(3-43)65-38)14(6-46)67-36(17)63-8-16-21(52)34(30(61)40(69-16)72-33-13(5-45)64-35(62)27(58)26(33)57)73-37-18(42-10(2)49)23(54)32(15(7-47)68-37)71-39-29(60)25(56)20(51)12(4-44)66-39/h11-40,43-47,50-62H,3-8H2,1-2H3,(H,41,48)(H,42,49)/t11-,12-,13-,14-,15-,16-,17-,18-,19+,20+,21+,22-,23-,24+,25+,26-,27-,28-,29-,30-,31-,32-,33-,34+,35?,36-,37+,38?,39+,40+/m1/s1. The molecular weight excluding hydrogens is 1000 g/mol. The maximum Gasteiger partial charge on any atom is 0.217 e. The van der Waals surface area contributed by atoms with E-state index < -0.39 is 236 Å². The lowest BCUT2D eigenvalue weighted by molar-refractivity contribution is -0.384. The van der Waals surface area contributed by atoms with Crippen molar-refractivity contribution in [2.45, 2.75) is 198 Å². The van der Waals surface area contributed by atoms with Crippen LogP contribution in [-0.2, 0) is 61.7 Å². The first-order valence-electron chi connectivity index (χ1n) is 23.1. The topological polar surface area (TPSA) is 524 Å². The molecule has 6 aliphatic heterocycles. The zero-order chi connectivity index (χ0) is 53.9. The fourth-order valence-electron chi connectivity index (χ4n) is 9.22. The quantitative estimate of drug-likeness (QED) is 0.0606. The molecule has 0 aromatic carbocycles. The molecule has 0 aromatic heterocycles. The monoisotopic (exact) mass is 1070 g/mol. The number of amides is 2. The number of ether oxygens (including phenoxy) is 11. The van der Waals surface area contributed by atoms with E-state index in [2.05, 4.69) is 10.6 Å². The van der Waals surface area contributed by atoms with Crippen molar-refractivity contribution in [1.29, 1.82) is 0 Å². The van der Waals surface area contributed by atoms with Crippen molar-refractivity contribution < 1.29 is 154 Å². The molecule has 33 heteroatoms. The molecule has 0 spiro atoms. The lowest BCUT2D eigenvalue weighted by atomic mass is 9.94. The molecule has 6 aliphatic rings. The van der Waals surface area contributed by atoms with Crippen molar-refractivity contribution in [1.82, 2.24) is 10.6 Å². The number of hydrogen-bond acceptors (Lipinski definition) is 31. The molecule has 0 saturated carbocycles. The van der Waals surface area contributed by atoms with Gasteiger partial charge in [-0.2, -0.15) is 0 Å². The van der Waals surface area contributed by atoms with Crippen LogP contribution < -0.4 is 10.6 Å². The molecule has 6 saturated heterocycles. The van der Waals surface area contributed by atoms with E-state index in [0.717, 1.165) is 13.8 Å². The predicted octanol–water partition coefficient (Wildman–Crippen LogP) is -13.8. The average Bonchev–Trinajstić information content (AvgIpc) is 3.36. The lowest BCUT2D eigenvalue weighted by Gasteiger charge is -2.50. The largest absolute Gasteiger partial charge is 0.394 e. The molecule has 424 valence electrons. The molecule has 6 fully saturated rings. The second-order valence-corrected chi connectivity index (χ2v) is 18.3. The number of carbonyl (C=O) groups is 2. The van der Waals surface area contributed by atoms with Gasteiger partial charge in [-0.1, -0.05) is 0 Å². The summed E-state index contributed by atoms with van der Waals surface area (Å²) in [7, 11) is 0. The van der Waals surface area contributed by atoms with Gasteiger partial charge in [-0.15, -0.1) is 0 Å². The number of rotatable bonds is 18. The Hall–Kier alpha value is -2.22. The Balaban J connectivity index is 1.27. The summed E-state index contributed by atoms with van der Waals surface area (Å²) in [4.78, 5) is 25.1. The van der Waals surface area contributed by atoms with Gasteiger partial charge in [0.15, 0.2) is 37.7 Å². The summed E-state index contributed by atoms with van der Waals surface area (Å²) in [5.74, 6) is -1.66. The summed E-state index contributed by atoms with van der Waals surface area (Å²) in [6, 6.07) is -3.46. The zero-order valence-electron chi connectivity index (χ0n) is 38.9. The van der Waals surface area contributed by atoms with Crippen molar-refractivity contribution in [2.24, 2.45) is 0 Å². The van der Waals surface area contributed by atoms with Gasteiger partial charge in [0.25, 0.3) is 0 Å². The molecule has 0 radical (unpaired) electrons. The van der Waals surface area contributed by atoms with Crippen LogP contribution in [0, 0.1) is 0 Å². The highest BCUT2D eigenvalue weighted by Crippen LogP contribution is 2.36. The number of aliphatic hydroxyl groups is 18. The van der Waals surface area contributed by atoms with Crippen molar-refractivity contribution in [2.75, 3.05) is 39.6 Å². The van der Waals surface area contributed by atoms with E-state index in [0.29, 0.717) is 0 Å². The molecule has 20 N–H and O–H groups in total. The summed E-state index contributed by atoms with van der Waals surface area (Å²) >= 11 is 0. The number of nitrogens with one attached hydrogen (secondary N) is 2. The van der Waals surface area contributed by atoms with Crippen LogP contribution in [0.4, 0.5) is 0 Å². The third-order valence-electron chi connectivity index (χ3n) is 13.2. The minimum absolute atomic E-state index is 0.807. The Morgan fingerprint density at radius 2 is 0.712 bits per heavy atom. The van der Waals surface area contributed by atoms with Gasteiger partial charge >= 0.3 is 0 Å². The van der Waals surface area contributed by atoms with Crippen LogP contribution in [0.15, 0.2) is 0 Å². The molecule has 6 heterocycles. The summed E-state index contributed by atoms with van der Waals surface area (Å²) in [6.07, 6.45) is -53.0. The zero-order valence-corrected chi connectivity index (χ0v) is 38.9. The van der Waals surface area contributed by atoms with Crippen molar-refractivity contribution >= 4 is 11.8 Å². The number of hydrogen-bond donors (Lipinski definition) is 20. The summed E-state index contributed by atoms with van der Waals surface area (Å²) in [5.41, 5.74) is 0. The minimum Gasteiger partial charge on any atom is -0.394 e. The highest BCUT2D eigenvalue weighted by Gasteiger charge is 2.57. The third kappa shape index (κ3) is 13.0. The Bertz CT molecular complexity index is 1740. The van der Waals surface area contributed by atoms with Crippen LogP contribution in [0.3, 0.4) is 0 Å². The molecular formula is C40H68N2O31. The van der Waals surface area contributed by atoms with Crippen LogP contribution in [0.25, 0.3) is 0 Å². The van der Waals surface area contributed by atoms with Crippen molar-refractivity contribution in [3.05, 3.63) is 0 Å². The van der Waals surface area contributed by atoms with Crippen molar-refractivity contribution in [3.8, 4) is 0 Å². The van der Waals surface area contributed by atoms with E-state index >= 15 is 0 Å². The maximum absolute atomic E-state index is 12.6. The SMILES string of the molecule is CC(=O)N[C@H]1[C@H](OC[C@H]2O[C@@H](O[C@H]3[C@H](O)[C@@H](O)C(O)O[C@@H]3CO)[C@H](O)[C@@H](O[C@@H]3O[C@H](CO)[C@@H](O[C@@H]4O[C@H](CO)[C@H](O)[C@H](O)[C@H]4O)[C@H](O)[C@H]3NC(C)=O)[C@H]2O)O[C@H](CO)[C@@H](OC2O[C@H](CO)[C@H](O)[C@H](O)[C@H]2O)[C@@H]1O. The van der Waals surface area contributed by atoms with E-state index in [1.807, 2.05) is 0 Å². The van der Waals surface area contributed by atoms with Gasteiger partial charge in [-0.3, -0.25) is 9.59 Å². The van der Waals surface area contributed by atoms with Gasteiger partial charge in [0.05, 0.1) is 39.6 Å². The molecule has 33 nitrogen and oxygen atoms in total. The molecule has 73 heavy (non-hydrogen) atoms. The molecule has 2 amide bonds. The number of aliphatic hydroxyl groups excluding tert-OH is 18. The Kier molecular flexibility index (Phi) is 21.3. The van der Waals surface area contributed by atoms with Crippen LogP contribution in [-0.4, -0.2) is 327 Å². The maximum atomic E-state index is 12.6. The van der Waals surface area contributed by atoms with E-state index in [4.69, 9.17) is 52.1 Å². The summed E-state index contributed by atoms with van der Waals surface area (Å²) < 4.78 is 62.7. The van der Waals surface area contributed by atoms with Crippen LogP contribution in [0.2, 0.25) is 0 Å². The van der Waals surface area contributed by atoms with Crippen LogP contribution in [0.1, 0.15) is 13.8 Å². The third-order valence-corrected chi connectivity index (χ3v) is 13.2. The Morgan fingerprint density at radius 1 is 0.356 bits per heavy atom. The van der Waals surface area contributed by atoms with E-state index in [1.54, 1.807) is 0 Å². The van der Waals surface area contributed by atoms with Gasteiger partial charge in [-0.25, -0.2) is 0 Å². The van der Waals surface area contributed by atoms with Gasteiger partial charge in [0.1, 0.15) is 146 Å². The normalized spacial score (nSPS) is 49.8. The average molecular weight is 1070 g/mol. The van der Waals surface area contributed by atoms with Gasteiger partial charge in [0.2, 0.25) is 11.8 Å². The molecule has 0 bridgehead atoms. The smallest absolute Gasteiger partial charge is 0.217 e. The first-order chi connectivity index (χ1) is 34.5. The molecule has 2 unspecified atom stereocenters. The van der Waals surface area contributed by atoms with Gasteiger partial charge in [-0.05, 0) is 0 Å². The highest BCUT2D eigenvalue weighted by atomic mass is 16.8. The predicted molar refractivity (Wildman–Crippen MR) is 222 cm³/mol. The fourth-order valence-corrected chi connectivity index (χ4v) is 9.22.